The van der Waals surface area contributed by atoms with Gasteiger partial charge in [0.2, 0.25) is 5.91 Å². The number of aryl methyl sites for hydroxylation is 1. The number of rotatable bonds is 3. The van der Waals surface area contributed by atoms with Crippen LogP contribution in [0.1, 0.15) is 19.8 Å². The van der Waals surface area contributed by atoms with E-state index in [0.29, 0.717) is 13.0 Å². The van der Waals surface area contributed by atoms with Crippen LogP contribution in [0.25, 0.3) is 21.8 Å². The highest BCUT2D eigenvalue weighted by molar-refractivity contribution is 6.09. The predicted molar refractivity (Wildman–Crippen MR) is 103 cm³/mol. The van der Waals surface area contributed by atoms with Gasteiger partial charge in [-0.15, -0.1) is 0 Å². The minimum absolute atomic E-state index is 0.273. The normalized spacial score (nSPS) is 17.1. The number of urea groups is 1. The van der Waals surface area contributed by atoms with E-state index in [1.807, 2.05) is 30.3 Å². The van der Waals surface area contributed by atoms with Crippen molar-refractivity contribution in [2.45, 2.75) is 32.4 Å². The summed E-state index contributed by atoms with van der Waals surface area (Å²) in [7, 11) is 0. The van der Waals surface area contributed by atoms with Crippen LogP contribution in [0.3, 0.4) is 0 Å². The lowest BCUT2D eigenvalue weighted by atomic mass is 10.1. The van der Waals surface area contributed by atoms with Crippen LogP contribution in [-0.4, -0.2) is 34.0 Å². The van der Waals surface area contributed by atoms with Crippen LogP contribution >= 0.6 is 0 Å². The van der Waals surface area contributed by atoms with E-state index in [-0.39, 0.29) is 6.03 Å². The topological polar surface area (TPSA) is 80.4 Å². The molecule has 0 bridgehead atoms. The van der Waals surface area contributed by atoms with Gasteiger partial charge in [-0.2, -0.15) is 0 Å². The van der Waals surface area contributed by atoms with E-state index in [1.54, 1.807) is 0 Å². The zero-order chi connectivity index (χ0) is 18.3. The monoisotopic (exact) mass is 350 g/mol. The Balaban J connectivity index is 1.69. The van der Waals surface area contributed by atoms with Gasteiger partial charge in [0.25, 0.3) is 0 Å². The standard InChI is InChI=1S/C20H22N4O2/c1-2-23-16-7-4-3-6-14(16)15-12-13(9-10-17(15)23)22-20(26)24-11-5-8-18(24)19(21)25/h3-4,6-7,9-10,12,18H,2,5,8,11H2,1H3,(H2,21,25)(H,22,26). The van der Waals surface area contributed by atoms with E-state index in [4.69, 9.17) is 5.73 Å². The average molecular weight is 350 g/mol. The van der Waals surface area contributed by atoms with Crippen LogP contribution in [0.4, 0.5) is 10.5 Å². The Hall–Kier alpha value is -3.02. The predicted octanol–water partition coefficient (Wildman–Crippen LogP) is 3.30. The van der Waals surface area contributed by atoms with E-state index in [9.17, 15) is 9.59 Å². The molecule has 3 amide bonds. The number of nitrogens with two attached hydrogens (primary N) is 1. The molecule has 134 valence electrons. The molecule has 6 nitrogen and oxygen atoms in total. The van der Waals surface area contributed by atoms with Gasteiger partial charge in [-0.25, -0.2) is 4.79 Å². The second-order valence-corrected chi connectivity index (χ2v) is 6.68. The maximum Gasteiger partial charge on any atom is 0.322 e. The summed E-state index contributed by atoms with van der Waals surface area (Å²) in [6.45, 7) is 3.56. The Morgan fingerprint density at radius 1 is 1.15 bits per heavy atom. The Morgan fingerprint density at radius 3 is 2.69 bits per heavy atom. The number of anilines is 1. The Bertz CT molecular complexity index is 1010. The first-order valence-corrected chi connectivity index (χ1v) is 8.98. The molecule has 1 atom stereocenters. The largest absolute Gasteiger partial charge is 0.368 e. The molecule has 1 saturated heterocycles. The second kappa shape index (κ2) is 6.37. The Kier molecular flexibility index (Phi) is 4.03. The molecule has 1 aliphatic heterocycles. The Labute approximate surface area is 151 Å². The highest BCUT2D eigenvalue weighted by atomic mass is 16.2. The number of para-hydroxylation sites is 1. The van der Waals surface area contributed by atoms with Crippen LogP contribution in [-0.2, 0) is 11.3 Å². The minimum Gasteiger partial charge on any atom is -0.368 e. The number of carbonyl (C=O) groups excluding carboxylic acids is 2. The first-order valence-electron chi connectivity index (χ1n) is 8.98. The lowest BCUT2D eigenvalue weighted by Crippen LogP contribution is -2.45. The summed E-state index contributed by atoms with van der Waals surface area (Å²) in [6.07, 6.45) is 1.43. The van der Waals surface area contributed by atoms with Crippen LogP contribution in [0.2, 0.25) is 0 Å². The third-order valence-electron chi connectivity index (χ3n) is 5.18. The molecule has 1 aliphatic rings. The van der Waals surface area contributed by atoms with Gasteiger partial charge < -0.3 is 20.5 Å². The lowest BCUT2D eigenvalue weighted by Gasteiger charge is -2.22. The molecular formula is C20H22N4O2. The van der Waals surface area contributed by atoms with Crippen molar-refractivity contribution >= 4 is 39.4 Å². The van der Waals surface area contributed by atoms with Gasteiger partial charge >= 0.3 is 6.03 Å². The highest BCUT2D eigenvalue weighted by Crippen LogP contribution is 2.31. The van der Waals surface area contributed by atoms with Crippen molar-refractivity contribution in [1.82, 2.24) is 9.47 Å². The van der Waals surface area contributed by atoms with Gasteiger partial charge in [-0.05, 0) is 44.0 Å². The second-order valence-electron chi connectivity index (χ2n) is 6.68. The fourth-order valence-electron chi connectivity index (χ4n) is 3.97. The molecule has 1 unspecified atom stereocenters. The molecule has 0 aliphatic carbocycles. The smallest absolute Gasteiger partial charge is 0.322 e. The zero-order valence-corrected chi connectivity index (χ0v) is 14.7. The number of hydrogen-bond acceptors (Lipinski definition) is 2. The van der Waals surface area contributed by atoms with Crippen molar-refractivity contribution in [2.75, 3.05) is 11.9 Å². The van der Waals surface area contributed by atoms with E-state index in [1.165, 1.54) is 10.4 Å². The van der Waals surface area contributed by atoms with Gasteiger partial charge in [-0.1, -0.05) is 18.2 Å². The molecule has 1 fully saturated rings. The van der Waals surface area contributed by atoms with Gasteiger partial charge in [0.1, 0.15) is 6.04 Å². The van der Waals surface area contributed by atoms with Crippen molar-refractivity contribution in [3.63, 3.8) is 0 Å². The third-order valence-corrected chi connectivity index (χ3v) is 5.18. The van der Waals surface area contributed by atoms with Crippen molar-refractivity contribution in [1.29, 1.82) is 0 Å². The fourth-order valence-corrected chi connectivity index (χ4v) is 3.97. The number of benzene rings is 2. The maximum absolute atomic E-state index is 12.6. The fraction of sp³-hybridized carbons (Fsp3) is 0.300. The SMILES string of the molecule is CCn1c2ccccc2c2cc(NC(=O)N3CCCC3C(N)=O)ccc21. The number of fused-ring (bicyclic) bond motifs is 3. The number of primary amides is 1. The summed E-state index contributed by atoms with van der Waals surface area (Å²) in [5, 5.41) is 5.19. The molecule has 0 radical (unpaired) electrons. The molecule has 2 aromatic carbocycles. The summed E-state index contributed by atoms with van der Waals surface area (Å²) in [5.74, 6) is -0.445. The molecule has 26 heavy (non-hydrogen) atoms. The molecule has 2 heterocycles. The van der Waals surface area contributed by atoms with Crippen molar-refractivity contribution in [3.8, 4) is 0 Å². The molecule has 0 spiro atoms. The summed E-state index contributed by atoms with van der Waals surface area (Å²) >= 11 is 0. The van der Waals surface area contributed by atoms with Crippen molar-refractivity contribution in [3.05, 3.63) is 42.5 Å². The zero-order valence-electron chi connectivity index (χ0n) is 14.7. The molecule has 3 aromatic rings. The lowest BCUT2D eigenvalue weighted by molar-refractivity contribution is -0.121. The van der Waals surface area contributed by atoms with Crippen molar-refractivity contribution in [2.24, 2.45) is 5.73 Å². The van der Waals surface area contributed by atoms with E-state index < -0.39 is 11.9 Å². The van der Waals surface area contributed by atoms with Crippen LogP contribution in [0.15, 0.2) is 42.5 Å². The number of nitrogens with one attached hydrogen (secondary N) is 1. The molecule has 4 rings (SSSR count). The van der Waals surface area contributed by atoms with E-state index >= 15 is 0 Å². The summed E-state index contributed by atoms with van der Waals surface area (Å²) in [5.41, 5.74) is 8.45. The van der Waals surface area contributed by atoms with Crippen LogP contribution in [0.5, 0.6) is 0 Å². The van der Waals surface area contributed by atoms with Gasteiger partial charge in [-0.3, -0.25) is 4.79 Å². The number of hydrogen-bond donors (Lipinski definition) is 2. The quantitative estimate of drug-likeness (QED) is 0.760. The van der Waals surface area contributed by atoms with Gasteiger partial charge in [0.05, 0.1) is 0 Å². The Morgan fingerprint density at radius 2 is 1.92 bits per heavy atom. The number of carbonyl (C=O) groups is 2. The molecule has 6 heteroatoms. The summed E-state index contributed by atoms with van der Waals surface area (Å²) < 4.78 is 2.26. The molecule has 1 aromatic heterocycles. The highest BCUT2D eigenvalue weighted by Gasteiger charge is 2.32. The minimum atomic E-state index is -0.513. The van der Waals surface area contributed by atoms with E-state index in [2.05, 4.69) is 28.9 Å². The van der Waals surface area contributed by atoms with Crippen LogP contribution in [0, 0.1) is 0 Å². The average Bonchev–Trinajstić information content (AvgIpc) is 3.24. The van der Waals surface area contributed by atoms with Gasteiger partial charge in [0.15, 0.2) is 0 Å². The number of aromatic nitrogens is 1. The first-order chi connectivity index (χ1) is 12.6. The molecule has 3 N–H and O–H groups in total. The third kappa shape index (κ3) is 2.58. The molecular weight excluding hydrogens is 328 g/mol. The van der Waals surface area contributed by atoms with Crippen molar-refractivity contribution < 1.29 is 9.59 Å². The molecule has 0 saturated carbocycles. The van der Waals surface area contributed by atoms with Gasteiger partial charge in [0, 0.05) is 40.6 Å². The number of amides is 3. The number of likely N-dealkylation sites (tertiary alicyclic amines) is 1. The number of nitrogens with zero attached hydrogens (tertiary/aromatic N) is 2. The van der Waals surface area contributed by atoms with Crippen LogP contribution < -0.4 is 11.1 Å². The summed E-state index contributed by atoms with van der Waals surface area (Å²) in [6, 6.07) is 13.4. The first kappa shape index (κ1) is 16.4. The van der Waals surface area contributed by atoms with E-state index in [0.717, 1.165) is 34.9 Å². The maximum atomic E-state index is 12.6. The summed E-state index contributed by atoms with van der Waals surface area (Å²) in [4.78, 5) is 25.6.